The lowest BCUT2D eigenvalue weighted by Gasteiger charge is -2.63. The van der Waals surface area contributed by atoms with Crippen molar-refractivity contribution >= 4 is 5.97 Å². The third kappa shape index (κ3) is 1.27. The van der Waals surface area contributed by atoms with Crippen LogP contribution in [0.15, 0.2) is 0 Å². The SMILES string of the molecule is COC(=O)[C@@]12C[C@@H]3C[C@](C)(C[C@](N)(C3)C1)C2. The molecule has 0 radical (unpaired) electrons. The van der Waals surface area contributed by atoms with Crippen molar-refractivity contribution in [1.82, 2.24) is 0 Å². The van der Waals surface area contributed by atoms with Gasteiger partial charge in [-0.05, 0) is 49.9 Å². The molecule has 0 amide bonds. The van der Waals surface area contributed by atoms with E-state index in [1.54, 1.807) is 0 Å². The molecule has 4 aliphatic rings. The lowest BCUT2D eigenvalue weighted by Crippen LogP contribution is -2.65. The van der Waals surface area contributed by atoms with Crippen LogP contribution in [0.3, 0.4) is 0 Å². The summed E-state index contributed by atoms with van der Waals surface area (Å²) in [5.74, 6) is 0.628. The molecule has 4 bridgehead atoms. The van der Waals surface area contributed by atoms with Gasteiger partial charge in [0.15, 0.2) is 0 Å². The van der Waals surface area contributed by atoms with E-state index in [0.717, 1.165) is 32.1 Å². The third-order valence-electron chi connectivity index (χ3n) is 5.01. The molecule has 4 rings (SSSR count). The summed E-state index contributed by atoms with van der Waals surface area (Å²) in [6.45, 7) is 2.30. The predicted octanol–water partition coefficient (Wildman–Crippen LogP) is 1.85. The van der Waals surface area contributed by atoms with E-state index in [4.69, 9.17) is 10.5 Å². The topological polar surface area (TPSA) is 52.3 Å². The lowest BCUT2D eigenvalue weighted by atomic mass is 9.42. The summed E-state index contributed by atoms with van der Waals surface area (Å²) in [5, 5.41) is 0. The van der Waals surface area contributed by atoms with Crippen LogP contribution in [0.2, 0.25) is 0 Å². The number of rotatable bonds is 1. The highest BCUT2D eigenvalue weighted by Crippen LogP contribution is 2.65. The first-order chi connectivity index (χ1) is 7.39. The molecular formula is C13H21NO2. The van der Waals surface area contributed by atoms with Gasteiger partial charge in [0.1, 0.15) is 0 Å². The molecular weight excluding hydrogens is 202 g/mol. The molecule has 0 unspecified atom stereocenters. The monoisotopic (exact) mass is 223 g/mol. The second-order valence-corrected chi connectivity index (χ2v) is 6.95. The Morgan fingerprint density at radius 1 is 1.25 bits per heavy atom. The summed E-state index contributed by atoms with van der Waals surface area (Å²) in [6.07, 6.45) is 6.30. The van der Waals surface area contributed by atoms with Crippen LogP contribution in [0.1, 0.15) is 45.4 Å². The van der Waals surface area contributed by atoms with Crippen molar-refractivity contribution < 1.29 is 9.53 Å². The number of carbonyl (C=O) groups is 1. The Kier molecular flexibility index (Phi) is 1.86. The van der Waals surface area contributed by atoms with E-state index in [0.29, 0.717) is 5.92 Å². The molecule has 0 spiro atoms. The maximum atomic E-state index is 12.1. The molecule has 4 fully saturated rings. The number of esters is 1. The van der Waals surface area contributed by atoms with E-state index in [1.165, 1.54) is 13.5 Å². The number of ether oxygens (including phenoxy) is 1. The van der Waals surface area contributed by atoms with Crippen LogP contribution >= 0.6 is 0 Å². The predicted molar refractivity (Wildman–Crippen MR) is 60.7 cm³/mol. The fraction of sp³-hybridized carbons (Fsp3) is 0.923. The summed E-state index contributed by atoms with van der Waals surface area (Å²) in [7, 11) is 1.51. The van der Waals surface area contributed by atoms with E-state index < -0.39 is 0 Å². The van der Waals surface area contributed by atoms with Crippen molar-refractivity contribution in [2.45, 2.75) is 51.0 Å². The minimum Gasteiger partial charge on any atom is -0.469 e. The molecule has 90 valence electrons. The molecule has 0 aromatic heterocycles. The molecule has 2 N–H and O–H groups in total. The van der Waals surface area contributed by atoms with Crippen LogP contribution in [0.4, 0.5) is 0 Å². The second-order valence-electron chi connectivity index (χ2n) is 6.95. The Bertz CT molecular complexity index is 334. The minimum atomic E-state index is -0.252. The largest absolute Gasteiger partial charge is 0.469 e. The van der Waals surface area contributed by atoms with Crippen LogP contribution in [-0.4, -0.2) is 18.6 Å². The molecule has 4 atom stereocenters. The zero-order valence-electron chi connectivity index (χ0n) is 10.2. The van der Waals surface area contributed by atoms with Gasteiger partial charge >= 0.3 is 5.97 Å². The second kappa shape index (κ2) is 2.81. The Labute approximate surface area is 96.7 Å². The lowest BCUT2D eigenvalue weighted by molar-refractivity contribution is -0.179. The van der Waals surface area contributed by atoms with Crippen molar-refractivity contribution in [3.8, 4) is 0 Å². The fourth-order valence-electron chi connectivity index (χ4n) is 5.45. The molecule has 3 nitrogen and oxygen atoms in total. The first kappa shape index (κ1) is 10.6. The van der Waals surface area contributed by atoms with E-state index in [2.05, 4.69) is 6.92 Å². The highest BCUT2D eigenvalue weighted by atomic mass is 16.5. The highest BCUT2D eigenvalue weighted by molar-refractivity contribution is 5.77. The minimum absolute atomic E-state index is 0.0161. The zero-order chi connectivity index (χ0) is 11.6. The van der Waals surface area contributed by atoms with E-state index in [-0.39, 0.29) is 22.3 Å². The summed E-state index contributed by atoms with van der Waals surface area (Å²) in [4.78, 5) is 12.1. The Morgan fingerprint density at radius 2 is 2.00 bits per heavy atom. The number of hydrogen-bond acceptors (Lipinski definition) is 3. The van der Waals surface area contributed by atoms with E-state index >= 15 is 0 Å². The van der Waals surface area contributed by atoms with Gasteiger partial charge in [-0.25, -0.2) is 0 Å². The van der Waals surface area contributed by atoms with Crippen LogP contribution in [0, 0.1) is 16.7 Å². The van der Waals surface area contributed by atoms with Crippen LogP contribution in [0.25, 0.3) is 0 Å². The normalized spacial score (nSPS) is 54.1. The molecule has 16 heavy (non-hydrogen) atoms. The molecule has 3 heteroatoms. The van der Waals surface area contributed by atoms with Gasteiger partial charge in [-0.3, -0.25) is 4.79 Å². The number of carbonyl (C=O) groups excluding carboxylic acids is 1. The average molecular weight is 223 g/mol. The van der Waals surface area contributed by atoms with E-state index in [9.17, 15) is 4.79 Å². The molecule has 0 aromatic rings. The standard InChI is InChI=1S/C13H21NO2/c1-11-3-9-4-12(6-11,10(15)16-2)8-13(14,5-9)7-11/h9H,3-8,14H2,1-2H3/t9-,11-,12+,13+/m0/s1. The van der Waals surface area contributed by atoms with Crippen LogP contribution in [-0.2, 0) is 9.53 Å². The third-order valence-corrected chi connectivity index (χ3v) is 5.01. The van der Waals surface area contributed by atoms with Gasteiger partial charge in [-0.15, -0.1) is 0 Å². The first-order valence-corrected chi connectivity index (χ1v) is 6.26. The summed E-state index contributed by atoms with van der Waals surface area (Å²) in [5.41, 5.74) is 6.41. The molecule has 0 saturated heterocycles. The number of nitrogens with two attached hydrogens (primary N) is 1. The van der Waals surface area contributed by atoms with Crippen molar-refractivity contribution in [2.75, 3.05) is 7.11 Å². The van der Waals surface area contributed by atoms with Crippen molar-refractivity contribution in [3.63, 3.8) is 0 Å². The highest BCUT2D eigenvalue weighted by Gasteiger charge is 2.63. The van der Waals surface area contributed by atoms with Gasteiger partial charge < -0.3 is 10.5 Å². The van der Waals surface area contributed by atoms with Crippen LogP contribution < -0.4 is 5.73 Å². The van der Waals surface area contributed by atoms with Crippen molar-refractivity contribution in [1.29, 1.82) is 0 Å². The summed E-state index contributed by atoms with van der Waals surface area (Å²) < 4.78 is 5.03. The molecule has 4 saturated carbocycles. The zero-order valence-corrected chi connectivity index (χ0v) is 10.2. The van der Waals surface area contributed by atoms with Gasteiger partial charge in [-0.2, -0.15) is 0 Å². The Hall–Kier alpha value is -0.570. The number of hydrogen-bond donors (Lipinski definition) is 1. The Morgan fingerprint density at radius 3 is 2.56 bits per heavy atom. The van der Waals surface area contributed by atoms with Gasteiger partial charge in [0.25, 0.3) is 0 Å². The summed E-state index contributed by atoms with van der Waals surface area (Å²) in [6, 6.07) is 0. The van der Waals surface area contributed by atoms with Crippen molar-refractivity contribution in [2.24, 2.45) is 22.5 Å². The molecule has 0 heterocycles. The van der Waals surface area contributed by atoms with Crippen LogP contribution in [0.5, 0.6) is 0 Å². The van der Waals surface area contributed by atoms with Gasteiger partial charge in [-0.1, -0.05) is 6.92 Å². The van der Waals surface area contributed by atoms with Gasteiger partial charge in [0.2, 0.25) is 0 Å². The average Bonchev–Trinajstić information content (AvgIpc) is 2.10. The molecule has 0 aromatic carbocycles. The van der Waals surface area contributed by atoms with Gasteiger partial charge in [0.05, 0.1) is 12.5 Å². The fourth-order valence-corrected chi connectivity index (χ4v) is 5.45. The maximum Gasteiger partial charge on any atom is 0.311 e. The molecule has 4 aliphatic carbocycles. The van der Waals surface area contributed by atoms with Crippen molar-refractivity contribution in [3.05, 3.63) is 0 Å². The van der Waals surface area contributed by atoms with E-state index in [1.807, 2.05) is 0 Å². The maximum absolute atomic E-state index is 12.1. The van der Waals surface area contributed by atoms with Gasteiger partial charge in [0, 0.05) is 5.54 Å². The summed E-state index contributed by atoms with van der Waals surface area (Å²) >= 11 is 0. The quantitative estimate of drug-likeness (QED) is 0.690. The number of methoxy groups -OCH3 is 1. The smallest absolute Gasteiger partial charge is 0.311 e. The molecule has 0 aliphatic heterocycles. The Balaban J connectivity index is 2.01. The first-order valence-electron chi connectivity index (χ1n) is 6.26.